The molecule has 0 spiro atoms. The predicted molar refractivity (Wildman–Crippen MR) is 66.2 cm³/mol. The molecule has 0 bridgehead atoms. The molecule has 0 fully saturated rings. The molecule has 0 radical (unpaired) electrons. The summed E-state index contributed by atoms with van der Waals surface area (Å²) < 4.78 is 7.51. The molecule has 0 unspecified atom stereocenters. The zero-order valence-electron chi connectivity index (χ0n) is 9.82. The quantitative estimate of drug-likeness (QED) is 0.784. The highest BCUT2D eigenvalue weighted by Gasteiger charge is 2.09. The van der Waals surface area contributed by atoms with E-state index >= 15 is 0 Å². The maximum absolute atomic E-state index is 5.74. The maximum atomic E-state index is 5.74. The van der Waals surface area contributed by atoms with E-state index in [2.05, 4.69) is 30.5 Å². The first-order valence-electron chi connectivity index (χ1n) is 5.22. The number of aromatic nitrogens is 1. The minimum atomic E-state index is 0.711. The van der Waals surface area contributed by atoms with Gasteiger partial charge in [-0.25, -0.2) is 0 Å². The van der Waals surface area contributed by atoms with Crippen LogP contribution in [0.1, 0.15) is 11.4 Å². The Morgan fingerprint density at radius 1 is 1.06 bits per heavy atom. The van der Waals surface area contributed by atoms with Gasteiger partial charge in [-0.2, -0.15) is 0 Å². The smallest absolute Gasteiger partial charge is 0.144 e. The van der Waals surface area contributed by atoms with Crippen LogP contribution in [0, 0.1) is 13.8 Å². The van der Waals surface area contributed by atoms with Crippen molar-refractivity contribution in [3.8, 4) is 11.4 Å². The molecule has 3 nitrogen and oxygen atoms in total. The number of nitrogens with zero attached hydrogens (tertiary/aromatic N) is 1. The first-order chi connectivity index (χ1) is 7.63. The summed E-state index contributed by atoms with van der Waals surface area (Å²) in [7, 11) is 1.66. The van der Waals surface area contributed by atoms with Gasteiger partial charge in [0.1, 0.15) is 5.75 Å². The molecule has 1 aromatic carbocycles. The summed E-state index contributed by atoms with van der Waals surface area (Å²) in [6, 6.07) is 9.88. The van der Waals surface area contributed by atoms with Gasteiger partial charge < -0.3 is 15.0 Å². The molecule has 0 amide bonds. The van der Waals surface area contributed by atoms with E-state index in [9.17, 15) is 0 Å². The summed E-state index contributed by atoms with van der Waals surface area (Å²) in [4.78, 5) is 0. The number of hydrogen-bond acceptors (Lipinski definition) is 2. The van der Waals surface area contributed by atoms with Crippen molar-refractivity contribution in [3.63, 3.8) is 0 Å². The van der Waals surface area contributed by atoms with Crippen LogP contribution in [0.4, 0.5) is 5.69 Å². The number of anilines is 1. The van der Waals surface area contributed by atoms with E-state index in [1.807, 2.05) is 18.2 Å². The summed E-state index contributed by atoms with van der Waals surface area (Å²) in [6.45, 7) is 4.14. The van der Waals surface area contributed by atoms with E-state index in [0.717, 1.165) is 11.4 Å². The van der Waals surface area contributed by atoms with Crippen LogP contribution in [0.2, 0.25) is 0 Å². The van der Waals surface area contributed by atoms with E-state index in [0.29, 0.717) is 5.69 Å². The van der Waals surface area contributed by atoms with Gasteiger partial charge in [0, 0.05) is 23.1 Å². The second-order valence-corrected chi connectivity index (χ2v) is 3.88. The largest absolute Gasteiger partial charge is 0.494 e. The Morgan fingerprint density at radius 3 is 2.25 bits per heavy atom. The van der Waals surface area contributed by atoms with E-state index in [-0.39, 0.29) is 0 Å². The zero-order valence-corrected chi connectivity index (χ0v) is 9.82. The number of hydrogen-bond donors (Lipinski definition) is 1. The Labute approximate surface area is 95.5 Å². The molecule has 1 aromatic heterocycles. The SMILES string of the molecule is COc1cc(N)ccc1-n1c(C)ccc1C. The Balaban J connectivity index is 2.64. The number of nitrogens with two attached hydrogens (primary N) is 1. The number of aryl methyl sites for hydroxylation is 2. The highest BCUT2D eigenvalue weighted by Crippen LogP contribution is 2.28. The van der Waals surface area contributed by atoms with E-state index in [4.69, 9.17) is 10.5 Å². The molecular weight excluding hydrogens is 200 g/mol. The summed E-state index contributed by atoms with van der Waals surface area (Å²) in [5.74, 6) is 0.794. The summed E-state index contributed by atoms with van der Waals surface area (Å²) in [5.41, 5.74) is 9.84. The molecule has 0 atom stereocenters. The first kappa shape index (κ1) is 10.6. The van der Waals surface area contributed by atoms with Crippen LogP contribution in [-0.2, 0) is 0 Å². The third-order valence-electron chi connectivity index (χ3n) is 2.72. The predicted octanol–water partition coefficient (Wildman–Crippen LogP) is 2.68. The lowest BCUT2D eigenvalue weighted by molar-refractivity contribution is 0.413. The average Bonchev–Trinajstić information content (AvgIpc) is 2.59. The molecule has 0 aliphatic carbocycles. The minimum Gasteiger partial charge on any atom is -0.494 e. The van der Waals surface area contributed by atoms with Crippen LogP contribution in [0.3, 0.4) is 0 Å². The van der Waals surface area contributed by atoms with Gasteiger partial charge in [-0.3, -0.25) is 0 Å². The Bertz CT molecular complexity index is 495. The van der Waals surface area contributed by atoms with Gasteiger partial charge in [0.05, 0.1) is 12.8 Å². The molecule has 0 aliphatic heterocycles. The van der Waals surface area contributed by atoms with Crippen LogP contribution in [0.5, 0.6) is 5.75 Å². The number of methoxy groups -OCH3 is 1. The van der Waals surface area contributed by atoms with Crippen LogP contribution >= 0.6 is 0 Å². The number of benzene rings is 1. The number of nitrogen functional groups attached to an aromatic ring is 1. The van der Waals surface area contributed by atoms with E-state index in [1.165, 1.54) is 11.4 Å². The molecule has 2 rings (SSSR count). The Morgan fingerprint density at radius 2 is 1.69 bits per heavy atom. The molecule has 16 heavy (non-hydrogen) atoms. The molecular formula is C13H16N2O. The third kappa shape index (κ3) is 1.65. The maximum Gasteiger partial charge on any atom is 0.144 e. The topological polar surface area (TPSA) is 40.2 Å². The third-order valence-corrected chi connectivity index (χ3v) is 2.72. The number of rotatable bonds is 2. The van der Waals surface area contributed by atoms with Gasteiger partial charge in [0.2, 0.25) is 0 Å². The van der Waals surface area contributed by atoms with E-state index in [1.54, 1.807) is 7.11 Å². The molecule has 0 aliphatic rings. The second kappa shape index (κ2) is 3.93. The molecule has 84 valence electrons. The zero-order chi connectivity index (χ0) is 11.7. The van der Waals surface area contributed by atoms with Gasteiger partial charge in [0.25, 0.3) is 0 Å². The van der Waals surface area contributed by atoms with Crippen LogP contribution in [0.15, 0.2) is 30.3 Å². The molecule has 1 heterocycles. The van der Waals surface area contributed by atoms with Gasteiger partial charge in [-0.05, 0) is 38.1 Å². The van der Waals surface area contributed by atoms with Crippen molar-refractivity contribution >= 4 is 5.69 Å². The second-order valence-electron chi connectivity index (χ2n) is 3.88. The Hall–Kier alpha value is -1.90. The fraction of sp³-hybridized carbons (Fsp3) is 0.231. The lowest BCUT2D eigenvalue weighted by atomic mass is 10.2. The van der Waals surface area contributed by atoms with Crippen LogP contribution in [0.25, 0.3) is 5.69 Å². The molecule has 2 N–H and O–H groups in total. The fourth-order valence-electron chi connectivity index (χ4n) is 1.93. The summed E-state index contributed by atoms with van der Waals surface area (Å²) in [5, 5.41) is 0. The van der Waals surface area contributed by atoms with Crippen molar-refractivity contribution in [2.75, 3.05) is 12.8 Å². The highest BCUT2D eigenvalue weighted by atomic mass is 16.5. The van der Waals surface area contributed by atoms with Gasteiger partial charge in [-0.1, -0.05) is 0 Å². The van der Waals surface area contributed by atoms with Crippen LogP contribution < -0.4 is 10.5 Å². The Kier molecular flexibility index (Phi) is 2.60. The van der Waals surface area contributed by atoms with Crippen LogP contribution in [-0.4, -0.2) is 11.7 Å². The molecule has 3 heteroatoms. The standard InChI is InChI=1S/C13H16N2O/c1-9-4-5-10(2)15(9)12-7-6-11(14)8-13(12)16-3/h4-8H,14H2,1-3H3. The monoisotopic (exact) mass is 216 g/mol. The van der Waals surface area contributed by atoms with Crippen molar-refractivity contribution in [2.24, 2.45) is 0 Å². The van der Waals surface area contributed by atoms with Gasteiger partial charge >= 0.3 is 0 Å². The van der Waals surface area contributed by atoms with Crippen molar-refractivity contribution in [1.29, 1.82) is 0 Å². The normalized spacial score (nSPS) is 10.4. The lowest BCUT2D eigenvalue weighted by Gasteiger charge is -2.14. The number of ether oxygens (including phenoxy) is 1. The van der Waals surface area contributed by atoms with Gasteiger partial charge in [0.15, 0.2) is 0 Å². The summed E-state index contributed by atoms with van der Waals surface area (Å²) in [6.07, 6.45) is 0. The fourth-order valence-corrected chi connectivity index (χ4v) is 1.93. The van der Waals surface area contributed by atoms with Crippen molar-refractivity contribution in [3.05, 3.63) is 41.7 Å². The average molecular weight is 216 g/mol. The molecule has 0 saturated heterocycles. The molecule has 0 saturated carbocycles. The van der Waals surface area contributed by atoms with Gasteiger partial charge in [-0.15, -0.1) is 0 Å². The van der Waals surface area contributed by atoms with Crippen molar-refractivity contribution < 1.29 is 4.74 Å². The van der Waals surface area contributed by atoms with Crippen molar-refractivity contribution in [2.45, 2.75) is 13.8 Å². The minimum absolute atomic E-state index is 0.711. The lowest BCUT2D eigenvalue weighted by Crippen LogP contribution is -2.02. The van der Waals surface area contributed by atoms with E-state index < -0.39 is 0 Å². The highest BCUT2D eigenvalue weighted by molar-refractivity contribution is 5.57. The first-order valence-corrected chi connectivity index (χ1v) is 5.22. The molecule has 2 aromatic rings. The summed E-state index contributed by atoms with van der Waals surface area (Å²) >= 11 is 0. The van der Waals surface area contributed by atoms with Crippen molar-refractivity contribution in [1.82, 2.24) is 4.57 Å².